The van der Waals surface area contributed by atoms with Crippen LogP contribution in [-0.4, -0.2) is 24.5 Å². The van der Waals surface area contributed by atoms with Crippen LogP contribution in [0, 0.1) is 11.3 Å². The first-order valence-electron chi connectivity index (χ1n) is 8.37. The van der Waals surface area contributed by atoms with Gasteiger partial charge in [0.15, 0.2) is 0 Å². The Bertz CT molecular complexity index is 913. The molecule has 0 saturated carbocycles. The van der Waals surface area contributed by atoms with Crippen molar-refractivity contribution >= 4 is 17.5 Å². The molecule has 1 heterocycles. The van der Waals surface area contributed by atoms with Crippen LogP contribution in [0.4, 0.5) is 5.69 Å². The minimum atomic E-state index is -0.290. The van der Waals surface area contributed by atoms with Crippen molar-refractivity contribution in [2.45, 2.75) is 26.4 Å². The third-order valence-corrected chi connectivity index (χ3v) is 3.95. The standard InChI is InChI=1S/C20H19N3O3/c1-12(2)26-18-6-3-13(7-8-21)9-16(18)14-4-5-15-17(10-14)23-19(24)11-22-20(15)25/h3-6,9-10,12H,7,11H2,1-2H3,(H,22,25)(H,23,24). The highest BCUT2D eigenvalue weighted by Crippen LogP contribution is 2.34. The fourth-order valence-electron chi connectivity index (χ4n) is 2.82. The summed E-state index contributed by atoms with van der Waals surface area (Å²) in [4.78, 5) is 23.9. The number of ether oxygens (including phenoxy) is 1. The largest absolute Gasteiger partial charge is 0.490 e. The number of hydrogen-bond acceptors (Lipinski definition) is 4. The maximum atomic E-state index is 12.1. The van der Waals surface area contributed by atoms with E-state index in [1.54, 1.807) is 12.1 Å². The maximum Gasteiger partial charge on any atom is 0.253 e. The summed E-state index contributed by atoms with van der Waals surface area (Å²) in [6, 6.07) is 13.0. The molecule has 0 aliphatic carbocycles. The summed E-state index contributed by atoms with van der Waals surface area (Å²) in [6.45, 7) is 3.82. The summed E-state index contributed by atoms with van der Waals surface area (Å²) in [5, 5.41) is 14.3. The molecule has 2 aromatic carbocycles. The minimum Gasteiger partial charge on any atom is -0.490 e. The average Bonchev–Trinajstić information content (AvgIpc) is 2.74. The van der Waals surface area contributed by atoms with Crippen LogP contribution in [0.15, 0.2) is 36.4 Å². The molecule has 26 heavy (non-hydrogen) atoms. The van der Waals surface area contributed by atoms with Gasteiger partial charge in [-0.1, -0.05) is 12.1 Å². The first kappa shape index (κ1) is 17.5. The van der Waals surface area contributed by atoms with Gasteiger partial charge in [-0.05, 0) is 49.2 Å². The number of benzene rings is 2. The van der Waals surface area contributed by atoms with E-state index in [1.807, 2.05) is 38.1 Å². The van der Waals surface area contributed by atoms with Gasteiger partial charge in [0, 0.05) is 5.56 Å². The van der Waals surface area contributed by atoms with Crippen molar-refractivity contribution in [3.63, 3.8) is 0 Å². The lowest BCUT2D eigenvalue weighted by Crippen LogP contribution is -2.28. The van der Waals surface area contributed by atoms with Gasteiger partial charge >= 0.3 is 0 Å². The lowest BCUT2D eigenvalue weighted by molar-refractivity contribution is -0.115. The molecule has 1 aliphatic rings. The summed E-state index contributed by atoms with van der Waals surface area (Å²) in [5.74, 6) is 0.124. The van der Waals surface area contributed by atoms with Crippen LogP contribution < -0.4 is 15.4 Å². The summed E-state index contributed by atoms with van der Waals surface area (Å²) in [5.41, 5.74) is 3.36. The Morgan fingerprint density at radius 3 is 2.69 bits per heavy atom. The number of nitrogens with one attached hydrogen (secondary N) is 2. The Morgan fingerprint density at radius 1 is 1.15 bits per heavy atom. The molecule has 3 rings (SSSR count). The lowest BCUT2D eigenvalue weighted by atomic mass is 9.98. The predicted molar refractivity (Wildman–Crippen MR) is 97.9 cm³/mol. The van der Waals surface area contributed by atoms with Crippen molar-refractivity contribution in [2.75, 3.05) is 11.9 Å². The highest BCUT2D eigenvalue weighted by molar-refractivity contribution is 6.09. The fourth-order valence-corrected chi connectivity index (χ4v) is 2.82. The zero-order valence-corrected chi connectivity index (χ0v) is 14.6. The van der Waals surface area contributed by atoms with Gasteiger partial charge in [-0.2, -0.15) is 5.26 Å². The van der Waals surface area contributed by atoms with Crippen LogP contribution in [-0.2, 0) is 11.2 Å². The zero-order chi connectivity index (χ0) is 18.7. The van der Waals surface area contributed by atoms with Gasteiger partial charge in [-0.25, -0.2) is 0 Å². The maximum absolute atomic E-state index is 12.1. The molecular weight excluding hydrogens is 330 g/mol. The van der Waals surface area contributed by atoms with Crippen LogP contribution in [0.2, 0.25) is 0 Å². The van der Waals surface area contributed by atoms with E-state index in [2.05, 4.69) is 16.7 Å². The van der Waals surface area contributed by atoms with Crippen molar-refractivity contribution in [3.05, 3.63) is 47.5 Å². The van der Waals surface area contributed by atoms with Gasteiger partial charge in [0.25, 0.3) is 5.91 Å². The van der Waals surface area contributed by atoms with Crippen LogP contribution in [0.3, 0.4) is 0 Å². The second-order valence-corrected chi connectivity index (χ2v) is 6.32. The molecule has 2 aromatic rings. The molecule has 132 valence electrons. The molecule has 0 unspecified atom stereocenters. The van der Waals surface area contributed by atoms with Crippen LogP contribution in [0.5, 0.6) is 5.75 Å². The summed E-state index contributed by atoms with van der Waals surface area (Å²) in [6.07, 6.45) is 0.279. The quantitative estimate of drug-likeness (QED) is 0.888. The molecule has 0 radical (unpaired) electrons. The van der Waals surface area contributed by atoms with Gasteiger partial charge < -0.3 is 15.4 Å². The molecule has 0 bridgehead atoms. The van der Waals surface area contributed by atoms with Crippen LogP contribution >= 0.6 is 0 Å². The van der Waals surface area contributed by atoms with Crippen LogP contribution in [0.25, 0.3) is 11.1 Å². The molecular formula is C20H19N3O3. The number of carbonyl (C=O) groups excluding carboxylic acids is 2. The number of carbonyl (C=O) groups is 2. The zero-order valence-electron chi connectivity index (χ0n) is 14.6. The van der Waals surface area contributed by atoms with Crippen molar-refractivity contribution in [3.8, 4) is 22.9 Å². The monoisotopic (exact) mass is 349 g/mol. The number of amides is 2. The number of nitriles is 1. The highest BCUT2D eigenvalue weighted by atomic mass is 16.5. The summed E-state index contributed by atoms with van der Waals surface area (Å²) in [7, 11) is 0. The van der Waals surface area contributed by atoms with E-state index in [4.69, 9.17) is 10.00 Å². The number of anilines is 1. The van der Waals surface area contributed by atoms with Gasteiger partial charge in [-0.15, -0.1) is 0 Å². The molecule has 6 heteroatoms. The Balaban J connectivity index is 2.10. The molecule has 0 spiro atoms. The third kappa shape index (κ3) is 3.67. The van der Waals surface area contributed by atoms with E-state index in [9.17, 15) is 9.59 Å². The van der Waals surface area contributed by atoms with Crippen molar-refractivity contribution in [1.82, 2.24) is 5.32 Å². The van der Waals surface area contributed by atoms with E-state index in [0.717, 1.165) is 16.7 Å². The topological polar surface area (TPSA) is 91.2 Å². The Hall–Kier alpha value is -3.33. The van der Waals surface area contributed by atoms with E-state index >= 15 is 0 Å². The number of fused-ring (bicyclic) bond motifs is 1. The molecule has 2 N–H and O–H groups in total. The third-order valence-electron chi connectivity index (χ3n) is 3.95. The first-order valence-corrected chi connectivity index (χ1v) is 8.37. The van der Waals surface area contributed by atoms with Crippen LogP contribution in [0.1, 0.15) is 29.8 Å². The van der Waals surface area contributed by atoms with E-state index in [1.165, 1.54) is 0 Å². The van der Waals surface area contributed by atoms with Crippen molar-refractivity contribution < 1.29 is 14.3 Å². The minimum absolute atomic E-state index is 0.0122. The SMILES string of the molecule is CC(C)Oc1ccc(CC#N)cc1-c1ccc2c(c1)NC(=O)CNC2=O. The van der Waals surface area contributed by atoms with Gasteiger partial charge in [0.2, 0.25) is 5.91 Å². The molecule has 0 aromatic heterocycles. The number of hydrogen-bond donors (Lipinski definition) is 2. The molecule has 2 amide bonds. The smallest absolute Gasteiger partial charge is 0.253 e. The molecule has 1 aliphatic heterocycles. The van der Waals surface area contributed by atoms with Crippen molar-refractivity contribution in [1.29, 1.82) is 5.26 Å². The Morgan fingerprint density at radius 2 is 1.96 bits per heavy atom. The van der Waals surface area contributed by atoms with Gasteiger partial charge in [0.1, 0.15) is 5.75 Å². The van der Waals surface area contributed by atoms with E-state index < -0.39 is 0 Å². The molecule has 6 nitrogen and oxygen atoms in total. The molecule has 0 atom stereocenters. The van der Waals surface area contributed by atoms with Gasteiger partial charge in [0.05, 0.1) is 36.4 Å². The average molecular weight is 349 g/mol. The van der Waals surface area contributed by atoms with E-state index in [0.29, 0.717) is 23.4 Å². The lowest BCUT2D eigenvalue weighted by Gasteiger charge is -2.16. The number of rotatable bonds is 4. The second-order valence-electron chi connectivity index (χ2n) is 6.32. The molecule has 0 saturated heterocycles. The predicted octanol–water partition coefficient (Wildman–Crippen LogP) is 2.89. The Labute approximate surface area is 151 Å². The number of nitrogens with zero attached hydrogens (tertiary/aromatic N) is 1. The summed E-state index contributed by atoms with van der Waals surface area (Å²) < 4.78 is 5.89. The van der Waals surface area contributed by atoms with E-state index in [-0.39, 0.29) is 24.5 Å². The first-order chi connectivity index (χ1) is 12.5. The second kappa shape index (κ2) is 7.28. The normalized spacial score (nSPS) is 13.3. The van der Waals surface area contributed by atoms with Crippen molar-refractivity contribution in [2.24, 2.45) is 0 Å². The fraction of sp³-hybridized carbons (Fsp3) is 0.250. The molecule has 0 fully saturated rings. The Kier molecular flexibility index (Phi) is 4.90. The summed E-state index contributed by atoms with van der Waals surface area (Å²) >= 11 is 0. The highest BCUT2D eigenvalue weighted by Gasteiger charge is 2.20. The van der Waals surface area contributed by atoms with Gasteiger partial charge in [-0.3, -0.25) is 9.59 Å².